The number of hydrogen-bond acceptors (Lipinski definition) is 2. The Labute approximate surface area is 130 Å². The number of halogens is 1. The summed E-state index contributed by atoms with van der Waals surface area (Å²) in [5.74, 6) is -1.74. The number of carboxylic acid groups (broad SMARTS) is 1. The Morgan fingerprint density at radius 3 is 2.71 bits per heavy atom. The molecule has 1 heterocycles. The molecule has 0 radical (unpaired) electrons. The summed E-state index contributed by atoms with van der Waals surface area (Å²) in [7, 11) is 0. The second kappa shape index (κ2) is 6.76. The molecule has 2 rings (SSSR count). The number of carbonyl (C=O) groups is 2. The van der Waals surface area contributed by atoms with Crippen molar-refractivity contribution >= 4 is 38.7 Å². The van der Waals surface area contributed by atoms with Crippen molar-refractivity contribution in [3.63, 3.8) is 0 Å². The van der Waals surface area contributed by atoms with Crippen molar-refractivity contribution in [2.45, 2.75) is 19.8 Å². The van der Waals surface area contributed by atoms with E-state index < -0.39 is 11.9 Å². The van der Waals surface area contributed by atoms with Crippen LogP contribution in [0.15, 0.2) is 28.7 Å². The van der Waals surface area contributed by atoms with Gasteiger partial charge in [0.1, 0.15) is 5.69 Å². The Morgan fingerprint density at radius 1 is 1.38 bits per heavy atom. The molecular formula is C15H17BrN2O3. The predicted octanol–water partition coefficient (Wildman–Crippen LogP) is 3.16. The first-order chi connectivity index (χ1) is 10.0. The van der Waals surface area contributed by atoms with Crippen LogP contribution in [-0.2, 0) is 4.79 Å². The van der Waals surface area contributed by atoms with Crippen LogP contribution in [-0.4, -0.2) is 28.5 Å². The van der Waals surface area contributed by atoms with Crippen LogP contribution < -0.4 is 5.32 Å². The van der Waals surface area contributed by atoms with Gasteiger partial charge in [0.25, 0.3) is 5.91 Å². The first kappa shape index (κ1) is 15.6. The fraction of sp³-hybridized carbons (Fsp3) is 0.333. The molecule has 112 valence electrons. The fourth-order valence-corrected chi connectivity index (χ4v) is 2.85. The Hall–Kier alpha value is -1.82. The number of hydrogen-bond donors (Lipinski definition) is 3. The molecule has 0 aliphatic rings. The fourth-order valence-electron chi connectivity index (χ4n) is 2.23. The largest absolute Gasteiger partial charge is 0.481 e. The Bertz CT molecular complexity index is 666. The highest BCUT2D eigenvalue weighted by Gasteiger charge is 2.20. The van der Waals surface area contributed by atoms with Gasteiger partial charge in [0, 0.05) is 17.4 Å². The monoisotopic (exact) mass is 352 g/mol. The molecule has 0 aliphatic carbocycles. The lowest BCUT2D eigenvalue weighted by Gasteiger charge is -2.11. The number of aromatic nitrogens is 1. The zero-order valence-electron chi connectivity index (χ0n) is 11.6. The first-order valence-electron chi connectivity index (χ1n) is 6.81. The smallest absolute Gasteiger partial charge is 0.308 e. The van der Waals surface area contributed by atoms with Gasteiger partial charge in [-0.1, -0.05) is 31.5 Å². The molecule has 21 heavy (non-hydrogen) atoms. The second-order valence-electron chi connectivity index (χ2n) is 4.89. The molecule has 3 N–H and O–H groups in total. The summed E-state index contributed by atoms with van der Waals surface area (Å²) < 4.78 is 0.693. The van der Waals surface area contributed by atoms with Gasteiger partial charge in [-0.25, -0.2) is 0 Å². The van der Waals surface area contributed by atoms with E-state index in [1.54, 1.807) is 0 Å². The molecule has 1 aromatic carbocycles. The first-order valence-corrected chi connectivity index (χ1v) is 7.61. The lowest BCUT2D eigenvalue weighted by Crippen LogP contribution is -2.33. The van der Waals surface area contributed by atoms with Gasteiger partial charge in [0.15, 0.2) is 0 Å². The quantitative estimate of drug-likeness (QED) is 0.746. The van der Waals surface area contributed by atoms with Crippen molar-refractivity contribution in [2.24, 2.45) is 5.92 Å². The second-order valence-corrected chi connectivity index (χ2v) is 5.69. The molecular weight excluding hydrogens is 336 g/mol. The molecule has 1 aromatic heterocycles. The van der Waals surface area contributed by atoms with Gasteiger partial charge in [-0.2, -0.15) is 0 Å². The molecule has 6 heteroatoms. The highest BCUT2D eigenvalue weighted by atomic mass is 79.9. The SMILES string of the molecule is CCCC(CNC(=O)c1[nH]c2ccccc2c1Br)C(=O)O. The maximum atomic E-state index is 12.2. The molecule has 2 aromatic rings. The number of nitrogens with one attached hydrogen (secondary N) is 2. The Kier molecular flexibility index (Phi) is 5.01. The normalized spacial score (nSPS) is 12.3. The number of carboxylic acids is 1. The zero-order valence-corrected chi connectivity index (χ0v) is 13.2. The summed E-state index contributed by atoms with van der Waals surface area (Å²) in [5.41, 5.74) is 1.27. The standard InChI is InChI=1S/C15H17BrN2O3/c1-2-5-9(15(20)21)8-17-14(19)13-12(16)10-6-3-4-7-11(10)18-13/h3-4,6-7,9,18H,2,5,8H2,1H3,(H,17,19)(H,20,21). The third kappa shape index (κ3) is 3.44. The predicted molar refractivity (Wildman–Crippen MR) is 84.4 cm³/mol. The molecule has 0 aliphatic heterocycles. The number of fused-ring (bicyclic) bond motifs is 1. The van der Waals surface area contributed by atoms with Gasteiger partial charge >= 0.3 is 5.97 Å². The van der Waals surface area contributed by atoms with Gasteiger partial charge in [0.05, 0.1) is 10.4 Å². The summed E-state index contributed by atoms with van der Waals surface area (Å²) in [6, 6.07) is 7.57. The van der Waals surface area contributed by atoms with Crippen molar-refractivity contribution in [2.75, 3.05) is 6.54 Å². The molecule has 1 atom stereocenters. The highest BCUT2D eigenvalue weighted by Crippen LogP contribution is 2.27. The number of aromatic amines is 1. The molecule has 0 bridgehead atoms. The van der Waals surface area contributed by atoms with Crippen molar-refractivity contribution in [3.05, 3.63) is 34.4 Å². The summed E-state index contributed by atoms with van der Waals surface area (Å²) in [5, 5.41) is 12.7. The molecule has 0 fully saturated rings. The lowest BCUT2D eigenvalue weighted by molar-refractivity contribution is -0.141. The molecule has 1 unspecified atom stereocenters. The van der Waals surface area contributed by atoms with Crippen LogP contribution in [0, 0.1) is 5.92 Å². The van der Waals surface area contributed by atoms with E-state index in [0.29, 0.717) is 16.6 Å². The van der Waals surface area contributed by atoms with Crippen molar-refractivity contribution in [1.29, 1.82) is 0 Å². The number of para-hydroxylation sites is 1. The molecule has 0 spiro atoms. The molecule has 5 nitrogen and oxygen atoms in total. The van der Waals surface area contributed by atoms with Crippen LogP contribution in [0.25, 0.3) is 10.9 Å². The zero-order chi connectivity index (χ0) is 15.4. The maximum absolute atomic E-state index is 12.2. The van der Waals surface area contributed by atoms with E-state index in [1.807, 2.05) is 31.2 Å². The molecule has 0 saturated carbocycles. The van der Waals surface area contributed by atoms with E-state index in [-0.39, 0.29) is 12.5 Å². The van der Waals surface area contributed by atoms with Crippen LogP contribution in [0.3, 0.4) is 0 Å². The summed E-state index contributed by atoms with van der Waals surface area (Å²) in [4.78, 5) is 26.3. The number of carbonyl (C=O) groups excluding carboxylic acids is 1. The number of benzene rings is 1. The van der Waals surface area contributed by atoms with Crippen molar-refractivity contribution in [1.82, 2.24) is 10.3 Å². The number of rotatable bonds is 6. The van der Waals surface area contributed by atoms with Crippen LogP contribution in [0.1, 0.15) is 30.3 Å². The maximum Gasteiger partial charge on any atom is 0.308 e. The van der Waals surface area contributed by atoms with Crippen molar-refractivity contribution < 1.29 is 14.7 Å². The third-order valence-corrected chi connectivity index (χ3v) is 4.19. The van der Waals surface area contributed by atoms with Gasteiger partial charge in [-0.15, -0.1) is 0 Å². The third-order valence-electron chi connectivity index (χ3n) is 3.37. The number of amides is 1. The average Bonchev–Trinajstić information content (AvgIpc) is 2.80. The van der Waals surface area contributed by atoms with E-state index in [1.165, 1.54) is 0 Å². The van der Waals surface area contributed by atoms with E-state index in [0.717, 1.165) is 17.3 Å². The van der Waals surface area contributed by atoms with E-state index in [9.17, 15) is 9.59 Å². The van der Waals surface area contributed by atoms with Crippen molar-refractivity contribution in [3.8, 4) is 0 Å². The Morgan fingerprint density at radius 2 is 2.10 bits per heavy atom. The Balaban J connectivity index is 2.12. The molecule has 1 amide bonds. The van der Waals surface area contributed by atoms with E-state index in [4.69, 9.17) is 5.11 Å². The minimum absolute atomic E-state index is 0.129. The van der Waals surface area contributed by atoms with Gasteiger partial charge < -0.3 is 15.4 Å². The van der Waals surface area contributed by atoms with E-state index >= 15 is 0 Å². The number of H-pyrrole nitrogens is 1. The number of aliphatic carboxylic acids is 1. The van der Waals surface area contributed by atoms with Gasteiger partial charge in [-0.3, -0.25) is 9.59 Å². The summed E-state index contributed by atoms with van der Waals surface area (Å²) >= 11 is 3.41. The minimum atomic E-state index is -0.882. The topological polar surface area (TPSA) is 82.2 Å². The summed E-state index contributed by atoms with van der Waals surface area (Å²) in [6.45, 7) is 2.05. The highest BCUT2D eigenvalue weighted by molar-refractivity contribution is 9.10. The van der Waals surface area contributed by atoms with Crippen LogP contribution in [0.4, 0.5) is 0 Å². The lowest BCUT2D eigenvalue weighted by atomic mass is 10.0. The van der Waals surface area contributed by atoms with E-state index in [2.05, 4.69) is 26.2 Å². The molecule has 0 saturated heterocycles. The van der Waals surface area contributed by atoms with Crippen LogP contribution in [0.5, 0.6) is 0 Å². The van der Waals surface area contributed by atoms with Gasteiger partial charge in [0.2, 0.25) is 0 Å². The summed E-state index contributed by atoms with van der Waals surface area (Å²) in [6.07, 6.45) is 1.31. The van der Waals surface area contributed by atoms with Crippen LogP contribution >= 0.6 is 15.9 Å². The average molecular weight is 353 g/mol. The minimum Gasteiger partial charge on any atom is -0.481 e. The van der Waals surface area contributed by atoms with Crippen LogP contribution in [0.2, 0.25) is 0 Å². The van der Waals surface area contributed by atoms with Gasteiger partial charge in [-0.05, 0) is 28.4 Å².